The summed E-state index contributed by atoms with van der Waals surface area (Å²) in [4.78, 5) is 31.6. The van der Waals surface area contributed by atoms with Crippen molar-refractivity contribution in [3.63, 3.8) is 0 Å². The number of H-pyrrole nitrogens is 1. The number of halogens is 1. The molecule has 1 aromatic carbocycles. The van der Waals surface area contributed by atoms with Crippen molar-refractivity contribution in [3.8, 4) is 11.3 Å². The Morgan fingerprint density at radius 3 is 2.42 bits per heavy atom. The van der Waals surface area contributed by atoms with Crippen LogP contribution in [0.1, 0.15) is 61.2 Å². The van der Waals surface area contributed by atoms with Crippen LogP contribution in [0.4, 0.5) is 4.39 Å². The van der Waals surface area contributed by atoms with Gasteiger partial charge in [-0.2, -0.15) is 10.2 Å². The van der Waals surface area contributed by atoms with E-state index in [1.54, 1.807) is 35.1 Å². The van der Waals surface area contributed by atoms with E-state index < -0.39 is 0 Å². The zero-order chi connectivity index (χ0) is 27.7. The van der Waals surface area contributed by atoms with Gasteiger partial charge in [-0.1, -0.05) is 20.8 Å². The third-order valence-corrected chi connectivity index (χ3v) is 6.85. The minimum Gasteiger partial charge on any atom is -0.334 e. The maximum absolute atomic E-state index is 13.1. The van der Waals surface area contributed by atoms with E-state index in [-0.39, 0.29) is 22.7 Å². The van der Waals surface area contributed by atoms with Gasteiger partial charge in [0.25, 0.3) is 5.91 Å². The summed E-state index contributed by atoms with van der Waals surface area (Å²) in [6.45, 7) is 13.0. The second-order valence-corrected chi connectivity index (χ2v) is 11.2. The first-order chi connectivity index (χ1) is 17.9. The third-order valence-electron chi connectivity index (χ3n) is 6.85. The van der Waals surface area contributed by atoms with Gasteiger partial charge in [0.05, 0.1) is 11.9 Å². The number of nitrogens with one attached hydrogen (secondary N) is 1. The number of carbonyl (C=O) groups is 2. The van der Waals surface area contributed by atoms with Crippen molar-refractivity contribution in [2.45, 2.75) is 45.6 Å². The zero-order valence-corrected chi connectivity index (χ0v) is 22.7. The van der Waals surface area contributed by atoms with Crippen LogP contribution in [0.25, 0.3) is 16.9 Å². The molecule has 5 rings (SSSR count). The number of hydrogen-bond acceptors (Lipinski definition) is 6. The normalized spacial score (nSPS) is 15.7. The smallest absolute Gasteiger partial charge is 0.271 e. The number of carbonyl (C=O) groups excluding carboxylic acids is 2. The Kier molecular flexibility index (Phi) is 7.46. The molecule has 0 bridgehead atoms. The number of amides is 1. The molecule has 0 saturated carbocycles. The molecule has 38 heavy (non-hydrogen) atoms. The molecule has 1 saturated heterocycles. The molecule has 1 N–H and O–H groups in total. The number of hydrogen-bond donors (Lipinski definition) is 1. The van der Waals surface area contributed by atoms with E-state index in [1.165, 1.54) is 12.1 Å². The number of benzene rings is 1. The number of aldehydes is 1. The van der Waals surface area contributed by atoms with E-state index in [0.29, 0.717) is 29.0 Å². The molecule has 0 radical (unpaired) electrons. The van der Waals surface area contributed by atoms with Crippen LogP contribution in [0.2, 0.25) is 0 Å². The molecular weight excluding hydrogens is 485 g/mol. The minimum atomic E-state index is -0.285. The molecule has 1 aliphatic heterocycles. The number of piperazine rings is 1. The second-order valence-electron chi connectivity index (χ2n) is 11.2. The fourth-order valence-electron chi connectivity index (χ4n) is 4.32. The molecule has 9 nitrogen and oxygen atoms in total. The monoisotopic (exact) mass is 519 g/mol. The number of likely N-dealkylation sites (N-methyl/N-ethyl adjacent to an activating group) is 1. The van der Waals surface area contributed by atoms with Crippen LogP contribution in [-0.2, 0) is 5.41 Å². The molecule has 0 aliphatic carbocycles. The summed E-state index contributed by atoms with van der Waals surface area (Å²) < 4.78 is 14.7. The molecule has 1 aliphatic rings. The predicted octanol–water partition coefficient (Wildman–Crippen LogP) is 4.22. The van der Waals surface area contributed by atoms with E-state index in [9.17, 15) is 14.0 Å². The summed E-state index contributed by atoms with van der Waals surface area (Å²) in [5.74, 6) is -0.245. The molecular formula is C28H34FN7O2. The van der Waals surface area contributed by atoms with Crippen molar-refractivity contribution >= 4 is 17.8 Å². The Bertz CT molecular complexity index is 1420. The quantitative estimate of drug-likeness (QED) is 0.407. The van der Waals surface area contributed by atoms with Crippen LogP contribution in [0.3, 0.4) is 0 Å². The topological polar surface area (TPSA) is 99.5 Å². The lowest BCUT2D eigenvalue weighted by Gasteiger charge is -2.45. The SMILES string of the molecule is CC(C)(C)c1cc(-c2ccc(F)cc2)nn2cc(C=O)nc12.CN1CCN(C(=O)c2ccn[nH]2)CC1(C)C. The second kappa shape index (κ2) is 10.4. The molecule has 4 aromatic rings. The number of aromatic amines is 1. The van der Waals surface area contributed by atoms with E-state index in [0.717, 1.165) is 30.8 Å². The lowest BCUT2D eigenvalue weighted by molar-refractivity contribution is 0.0307. The van der Waals surface area contributed by atoms with Gasteiger partial charge in [-0.15, -0.1) is 0 Å². The van der Waals surface area contributed by atoms with Crippen LogP contribution in [0.15, 0.2) is 48.8 Å². The molecule has 1 amide bonds. The summed E-state index contributed by atoms with van der Waals surface area (Å²) in [6, 6.07) is 9.85. The molecule has 0 unspecified atom stereocenters. The van der Waals surface area contributed by atoms with E-state index >= 15 is 0 Å². The number of imidazole rings is 1. The highest BCUT2D eigenvalue weighted by atomic mass is 19.1. The first-order valence-corrected chi connectivity index (χ1v) is 12.5. The highest BCUT2D eigenvalue weighted by Crippen LogP contribution is 2.29. The van der Waals surface area contributed by atoms with Gasteiger partial charge in [-0.25, -0.2) is 13.9 Å². The van der Waals surface area contributed by atoms with E-state index in [1.807, 2.05) is 11.0 Å². The molecule has 0 spiro atoms. The fraction of sp³-hybridized carbons (Fsp3) is 0.393. The van der Waals surface area contributed by atoms with Crippen LogP contribution in [-0.4, -0.2) is 79.0 Å². The van der Waals surface area contributed by atoms with Crippen LogP contribution < -0.4 is 0 Å². The van der Waals surface area contributed by atoms with Crippen molar-refractivity contribution in [3.05, 3.63) is 71.6 Å². The number of fused-ring (bicyclic) bond motifs is 1. The number of nitrogens with zero attached hydrogens (tertiary/aromatic N) is 6. The fourth-order valence-corrected chi connectivity index (χ4v) is 4.32. The van der Waals surface area contributed by atoms with Gasteiger partial charge in [-0.3, -0.25) is 19.6 Å². The number of rotatable bonds is 3. The maximum atomic E-state index is 13.1. The number of aromatic nitrogens is 5. The van der Waals surface area contributed by atoms with Crippen LogP contribution in [0, 0.1) is 5.82 Å². The van der Waals surface area contributed by atoms with E-state index in [2.05, 4.69) is 66.8 Å². The van der Waals surface area contributed by atoms with Gasteiger partial charge < -0.3 is 4.90 Å². The summed E-state index contributed by atoms with van der Waals surface area (Å²) in [7, 11) is 2.10. The summed E-state index contributed by atoms with van der Waals surface area (Å²) in [5, 5.41) is 11.0. The first-order valence-electron chi connectivity index (χ1n) is 12.5. The lowest BCUT2D eigenvalue weighted by Crippen LogP contribution is -2.58. The van der Waals surface area contributed by atoms with Crippen molar-refractivity contribution in [2.24, 2.45) is 0 Å². The Labute approximate surface area is 221 Å². The van der Waals surface area contributed by atoms with Crippen molar-refractivity contribution in [2.75, 3.05) is 26.7 Å². The van der Waals surface area contributed by atoms with E-state index in [4.69, 9.17) is 0 Å². The zero-order valence-electron chi connectivity index (χ0n) is 22.7. The maximum Gasteiger partial charge on any atom is 0.271 e. The van der Waals surface area contributed by atoms with Gasteiger partial charge in [0, 0.05) is 42.5 Å². The van der Waals surface area contributed by atoms with Crippen molar-refractivity contribution in [1.82, 2.24) is 34.6 Å². The summed E-state index contributed by atoms with van der Waals surface area (Å²) in [5.41, 5.74) is 3.96. The third kappa shape index (κ3) is 5.80. The average Bonchev–Trinajstić information content (AvgIpc) is 3.55. The lowest BCUT2D eigenvalue weighted by atomic mass is 9.87. The molecule has 10 heteroatoms. The summed E-state index contributed by atoms with van der Waals surface area (Å²) >= 11 is 0. The van der Waals surface area contributed by atoms with Crippen LogP contribution >= 0.6 is 0 Å². The molecule has 1 fully saturated rings. The highest BCUT2D eigenvalue weighted by molar-refractivity contribution is 5.92. The molecule has 3 aromatic heterocycles. The minimum absolute atomic E-state index is 0.0356. The Hall–Kier alpha value is -3.92. The molecule has 0 atom stereocenters. The average molecular weight is 520 g/mol. The van der Waals surface area contributed by atoms with Gasteiger partial charge in [0.15, 0.2) is 11.9 Å². The largest absolute Gasteiger partial charge is 0.334 e. The highest BCUT2D eigenvalue weighted by Gasteiger charge is 2.33. The molecule has 200 valence electrons. The van der Waals surface area contributed by atoms with Gasteiger partial charge in [0.2, 0.25) is 0 Å². The Balaban J connectivity index is 0.000000186. The van der Waals surface area contributed by atoms with Crippen molar-refractivity contribution < 1.29 is 14.0 Å². The Morgan fingerprint density at radius 2 is 1.84 bits per heavy atom. The van der Waals surface area contributed by atoms with Gasteiger partial charge in [-0.05, 0) is 62.7 Å². The van der Waals surface area contributed by atoms with Gasteiger partial charge >= 0.3 is 0 Å². The van der Waals surface area contributed by atoms with Crippen molar-refractivity contribution in [1.29, 1.82) is 0 Å². The summed E-state index contributed by atoms with van der Waals surface area (Å²) in [6.07, 6.45) is 3.91. The van der Waals surface area contributed by atoms with Crippen LogP contribution in [0.5, 0.6) is 0 Å². The van der Waals surface area contributed by atoms with Gasteiger partial charge in [0.1, 0.15) is 17.2 Å². The predicted molar refractivity (Wildman–Crippen MR) is 144 cm³/mol. The standard InChI is InChI=1S/C17H16FN3O.C11H18N4O/c1-17(2,3)14-8-15(11-4-6-12(18)7-5-11)20-21-9-13(10-22)19-16(14)21;1-11(2)8-15(7-6-14(11)3)10(16)9-4-5-12-13-9/h4-10H,1-3H3;4-5H,6-8H2,1-3H3,(H,12,13). The molecule has 4 heterocycles. The first kappa shape index (κ1) is 27.1. The Morgan fingerprint density at radius 1 is 1.13 bits per heavy atom.